The van der Waals surface area contributed by atoms with Crippen LogP contribution < -0.4 is 9.05 Å². The van der Waals surface area contributed by atoms with E-state index in [0.29, 0.717) is 24.3 Å². The summed E-state index contributed by atoms with van der Waals surface area (Å²) in [7, 11) is 1.63. The number of benzene rings is 2. The molecule has 0 bridgehead atoms. The molecule has 2 rings (SSSR count). The zero-order chi connectivity index (χ0) is 14.6. The summed E-state index contributed by atoms with van der Waals surface area (Å²) in [5, 5.41) is 0. The van der Waals surface area contributed by atoms with Crippen LogP contribution in [-0.2, 0) is 11.8 Å². The average Bonchev–Trinajstić information content (AvgIpc) is 2.44. The fourth-order valence-corrected chi connectivity index (χ4v) is 6.87. The van der Waals surface area contributed by atoms with Gasteiger partial charge in [0.2, 0.25) is 0 Å². The number of hydrogen-bond acceptors (Lipinski definition) is 4. The molecule has 0 heterocycles. The third-order valence-corrected chi connectivity index (χ3v) is 21.3. The van der Waals surface area contributed by atoms with Crippen molar-refractivity contribution in [3.63, 3.8) is 0 Å². The van der Waals surface area contributed by atoms with Crippen molar-refractivity contribution in [2.45, 2.75) is 13.8 Å². The Labute approximate surface area is 143 Å². The van der Waals surface area contributed by atoms with Gasteiger partial charge in [0.05, 0.1) is 0 Å². The normalized spacial score (nSPS) is 11.1. The van der Waals surface area contributed by atoms with E-state index in [1.54, 1.807) is 7.93 Å². The van der Waals surface area contributed by atoms with Crippen molar-refractivity contribution >= 4 is 49.7 Å². The van der Waals surface area contributed by atoms with Crippen LogP contribution in [0.3, 0.4) is 0 Å². The van der Waals surface area contributed by atoms with Gasteiger partial charge >= 0.3 is 144 Å². The molecule has 0 radical (unpaired) electrons. The Hall–Kier alpha value is -0.0379. The summed E-state index contributed by atoms with van der Waals surface area (Å²) in [4.78, 5) is 0. The zero-order valence-electron chi connectivity index (χ0n) is 11.3. The molecule has 0 amide bonds. The zero-order valence-corrected chi connectivity index (χ0v) is 18.3. The summed E-state index contributed by atoms with van der Waals surface area (Å²) in [6, 6.07) is 15.8. The molecule has 2 aromatic rings. The number of aryl methyl sites for hydroxylation is 2. The molecule has 6 heteroatoms. The molecule has 0 aromatic heterocycles. The first kappa shape index (κ1) is 16.3. The van der Waals surface area contributed by atoms with E-state index in [1.807, 2.05) is 62.4 Å². The maximum absolute atomic E-state index is 6.05. The Morgan fingerprint density at radius 3 is 1.65 bits per heavy atom. The van der Waals surface area contributed by atoms with Crippen LogP contribution in [0, 0.1) is 13.8 Å². The molecule has 0 spiro atoms. The Balaban J connectivity index is 2.24. The van der Waals surface area contributed by atoms with Crippen molar-refractivity contribution in [1.29, 1.82) is 0 Å². The maximum atomic E-state index is 6.05. The fraction of sp³-hybridized carbons (Fsp3) is 0.143. The number of rotatable bonds is 5. The Morgan fingerprint density at radius 1 is 0.900 bits per heavy atom. The van der Waals surface area contributed by atoms with Crippen LogP contribution in [0.15, 0.2) is 48.5 Å². The van der Waals surface area contributed by atoms with Crippen molar-refractivity contribution in [2.24, 2.45) is 0 Å². The molecule has 0 N–H and O–H groups in total. The average molecular weight is 514 g/mol. The van der Waals surface area contributed by atoms with Gasteiger partial charge in [0.15, 0.2) is 0 Å². The standard InChI is InChI=1S/C14H15O2PS2.Tl/c1-11-7-3-5-9-13(11)15-17(18,19)16-14-10-6-4-8-12(14)2;/h3-10H,1-2H3,(H,18,19);/q;+1/p-1. The molecule has 2 nitrogen and oxygen atoms in total. The molecule has 0 aliphatic rings. The van der Waals surface area contributed by atoms with E-state index in [9.17, 15) is 0 Å². The van der Waals surface area contributed by atoms with E-state index < -0.39 is 5.69 Å². The molecule has 0 aliphatic heterocycles. The van der Waals surface area contributed by atoms with E-state index in [-0.39, 0.29) is 0 Å². The Morgan fingerprint density at radius 2 is 1.30 bits per heavy atom. The van der Waals surface area contributed by atoms with Crippen LogP contribution >= 0.6 is 13.6 Å². The predicted molar refractivity (Wildman–Crippen MR) is 91.2 cm³/mol. The van der Waals surface area contributed by atoms with Crippen molar-refractivity contribution in [3.8, 4) is 11.5 Å². The SMILES string of the molecule is Cc1ccccc1OP(=S)(Oc1ccccc1C)[S][Tl]. The van der Waals surface area contributed by atoms with Gasteiger partial charge < -0.3 is 0 Å². The van der Waals surface area contributed by atoms with Gasteiger partial charge in [-0.15, -0.1) is 0 Å². The van der Waals surface area contributed by atoms with E-state index in [4.69, 9.17) is 20.9 Å². The molecule has 0 unspecified atom stereocenters. The van der Waals surface area contributed by atoms with Gasteiger partial charge in [0, 0.05) is 0 Å². The van der Waals surface area contributed by atoms with Gasteiger partial charge in [0.1, 0.15) is 0 Å². The Kier molecular flexibility index (Phi) is 5.96. The second-order valence-electron chi connectivity index (χ2n) is 4.27. The quantitative estimate of drug-likeness (QED) is 0.422. The van der Waals surface area contributed by atoms with E-state index >= 15 is 0 Å². The van der Waals surface area contributed by atoms with Gasteiger partial charge in [-0.1, -0.05) is 0 Å². The van der Waals surface area contributed by atoms with Crippen LogP contribution in [0.5, 0.6) is 11.5 Å². The first-order valence-corrected chi connectivity index (χ1v) is 15.6. The molecule has 0 aliphatic carbocycles. The van der Waals surface area contributed by atoms with E-state index in [0.717, 1.165) is 22.6 Å². The third-order valence-electron chi connectivity index (χ3n) is 2.74. The first-order valence-electron chi connectivity index (χ1n) is 6.03. The number of para-hydroxylation sites is 2. The molecule has 0 atom stereocenters. The van der Waals surface area contributed by atoms with Gasteiger partial charge in [-0.25, -0.2) is 0 Å². The van der Waals surface area contributed by atoms with E-state index in [2.05, 4.69) is 0 Å². The fourth-order valence-electron chi connectivity index (χ4n) is 1.62. The summed E-state index contributed by atoms with van der Waals surface area (Å²) in [6.07, 6.45) is 0. The van der Waals surface area contributed by atoms with Crippen LogP contribution in [-0.4, -0.2) is 24.3 Å². The molecule has 0 saturated carbocycles. The van der Waals surface area contributed by atoms with Gasteiger partial charge in [0.25, 0.3) is 0 Å². The summed E-state index contributed by atoms with van der Waals surface area (Å²) >= 11 is 6.32. The molecule has 20 heavy (non-hydrogen) atoms. The van der Waals surface area contributed by atoms with Gasteiger partial charge in [-0.05, 0) is 0 Å². The van der Waals surface area contributed by atoms with Crippen LogP contribution in [0.25, 0.3) is 0 Å². The predicted octanol–water partition coefficient (Wildman–Crippen LogP) is 4.80. The molecular weight excluding hydrogens is 500 g/mol. The van der Waals surface area contributed by atoms with Gasteiger partial charge in [-0.2, -0.15) is 0 Å². The summed E-state index contributed by atoms with van der Waals surface area (Å²) in [6.45, 7) is 4.03. The first-order chi connectivity index (χ1) is 9.54. The van der Waals surface area contributed by atoms with E-state index in [1.165, 1.54) is 0 Å². The van der Waals surface area contributed by atoms with Crippen LogP contribution in [0.4, 0.5) is 0 Å². The summed E-state index contributed by atoms with van der Waals surface area (Å²) in [5.41, 5.74) is -0.218. The van der Waals surface area contributed by atoms with Gasteiger partial charge in [-0.3, -0.25) is 0 Å². The van der Waals surface area contributed by atoms with Crippen molar-refractivity contribution in [2.75, 3.05) is 0 Å². The van der Waals surface area contributed by atoms with Crippen molar-refractivity contribution in [3.05, 3.63) is 59.7 Å². The monoisotopic (exact) mass is 514 g/mol. The van der Waals surface area contributed by atoms with Crippen molar-refractivity contribution < 1.29 is 9.05 Å². The van der Waals surface area contributed by atoms with Crippen LogP contribution in [0.2, 0.25) is 0 Å². The molecule has 102 valence electrons. The van der Waals surface area contributed by atoms with Crippen LogP contribution in [0.1, 0.15) is 11.1 Å². The summed E-state index contributed by atoms with van der Waals surface area (Å²) in [5.74, 6) is 1.63. The molecular formula is C14H14O2PS2Tl. The molecule has 2 aromatic carbocycles. The molecule has 0 fully saturated rings. The Bertz CT molecular complexity index is 597. The van der Waals surface area contributed by atoms with Crippen molar-refractivity contribution in [1.82, 2.24) is 0 Å². The molecule has 0 saturated heterocycles. The second kappa shape index (κ2) is 7.29. The minimum absolute atomic E-state index is 0.666. The second-order valence-corrected chi connectivity index (χ2v) is 17.3. The third kappa shape index (κ3) is 4.23. The summed E-state index contributed by atoms with van der Waals surface area (Å²) < 4.78 is 12.1. The minimum atomic E-state index is -2.37. The number of hydrogen-bond donors (Lipinski definition) is 0. The topological polar surface area (TPSA) is 18.5 Å².